The summed E-state index contributed by atoms with van der Waals surface area (Å²) in [5.74, 6) is 0. The molecule has 0 N–H and O–H groups in total. The summed E-state index contributed by atoms with van der Waals surface area (Å²) < 4.78 is 0. The third kappa shape index (κ3) is 1.33. The standard InChI is InChI=1S/C5H10Cl2Se/c1-5-3-2-4-8(5,6)7/h5H,2-4H2,1H3. The van der Waals surface area contributed by atoms with Crippen LogP contribution in [0.1, 0.15) is 19.8 Å². The second-order valence-corrected chi connectivity index (χ2v) is 14.0. The van der Waals surface area contributed by atoms with Crippen LogP contribution in [-0.4, -0.2) is 11.0 Å². The van der Waals surface area contributed by atoms with Crippen LogP contribution >= 0.6 is 20.2 Å². The Morgan fingerprint density at radius 3 is 2.25 bits per heavy atom. The minimum atomic E-state index is -1.86. The van der Waals surface area contributed by atoms with Crippen molar-refractivity contribution in [3.8, 4) is 0 Å². The molecule has 3 heteroatoms. The minimum absolute atomic E-state index is 0.648. The van der Waals surface area contributed by atoms with Crippen molar-refractivity contribution >= 4 is 31.2 Å². The molecule has 0 nitrogen and oxygen atoms in total. The van der Waals surface area contributed by atoms with E-state index in [0.717, 1.165) is 5.32 Å². The number of halogens is 2. The summed E-state index contributed by atoms with van der Waals surface area (Å²) in [6, 6.07) is 0. The van der Waals surface area contributed by atoms with Crippen molar-refractivity contribution in [2.75, 3.05) is 0 Å². The maximum absolute atomic E-state index is 6.04. The Kier molecular flexibility index (Phi) is 2.14. The molecular formula is C5H10Cl2Se. The van der Waals surface area contributed by atoms with E-state index in [0.29, 0.717) is 4.82 Å². The molecule has 0 bridgehead atoms. The van der Waals surface area contributed by atoms with Crippen molar-refractivity contribution in [3.05, 3.63) is 0 Å². The van der Waals surface area contributed by atoms with Crippen LogP contribution < -0.4 is 0 Å². The molecule has 0 aromatic carbocycles. The van der Waals surface area contributed by atoms with E-state index >= 15 is 0 Å². The molecule has 0 spiro atoms. The summed E-state index contributed by atoms with van der Waals surface area (Å²) in [6.07, 6.45) is 2.52. The molecule has 50 valence electrons. The summed E-state index contributed by atoms with van der Waals surface area (Å²) >= 11 is -1.86. The van der Waals surface area contributed by atoms with Gasteiger partial charge in [-0.05, 0) is 0 Å². The monoisotopic (exact) mass is 220 g/mol. The Hall–Kier alpha value is 1.10. The van der Waals surface area contributed by atoms with Gasteiger partial charge in [-0.15, -0.1) is 0 Å². The van der Waals surface area contributed by atoms with Crippen LogP contribution in [0.5, 0.6) is 0 Å². The third-order valence-electron chi connectivity index (χ3n) is 1.62. The van der Waals surface area contributed by atoms with Crippen LogP contribution in [0.25, 0.3) is 0 Å². The van der Waals surface area contributed by atoms with Crippen LogP contribution in [0.3, 0.4) is 0 Å². The molecule has 0 amide bonds. The molecule has 1 atom stereocenters. The van der Waals surface area contributed by atoms with Gasteiger partial charge in [0.1, 0.15) is 0 Å². The summed E-state index contributed by atoms with van der Waals surface area (Å²) in [7, 11) is 12.1. The van der Waals surface area contributed by atoms with Gasteiger partial charge in [-0.1, -0.05) is 0 Å². The zero-order valence-corrected chi connectivity index (χ0v) is 8.09. The van der Waals surface area contributed by atoms with Crippen molar-refractivity contribution in [2.24, 2.45) is 0 Å². The third-order valence-corrected chi connectivity index (χ3v) is 11.1. The van der Waals surface area contributed by atoms with Gasteiger partial charge in [-0.2, -0.15) is 0 Å². The van der Waals surface area contributed by atoms with E-state index in [1.165, 1.54) is 12.8 Å². The van der Waals surface area contributed by atoms with E-state index in [1.807, 2.05) is 0 Å². The van der Waals surface area contributed by atoms with E-state index in [1.54, 1.807) is 0 Å². The molecule has 8 heavy (non-hydrogen) atoms. The molecule has 1 fully saturated rings. The van der Waals surface area contributed by atoms with E-state index < -0.39 is 11.0 Å². The van der Waals surface area contributed by atoms with E-state index in [9.17, 15) is 0 Å². The molecule has 1 aliphatic rings. The normalized spacial score (nSPS) is 39.6. The molecule has 1 saturated heterocycles. The van der Waals surface area contributed by atoms with E-state index in [2.05, 4.69) is 6.92 Å². The predicted octanol–water partition coefficient (Wildman–Crippen LogP) is 3.09. The Balaban J connectivity index is 2.54. The Morgan fingerprint density at radius 1 is 1.50 bits per heavy atom. The maximum atomic E-state index is 6.04. The van der Waals surface area contributed by atoms with Crippen LogP contribution in [0, 0.1) is 0 Å². The Morgan fingerprint density at radius 2 is 2.12 bits per heavy atom. The summed E-state index contributed by atoms with van der Waals surface area (Å²) in [6.45, 7) is 2.17. The van der Waals surface area contributed by atoms with Gasteiger partial charge in [0, 0.05) is 0 Å². The molecule has 0 aliphatic carbocycles. The first kappa shape index (κ1) is 7.21. The first-order chi connectivity index (χ1) is 3.63. The van der Waals surface area contributed by atoms with Gasteiger partial charge in [-0.3, -0.25) is 0 Å². The molecule has 1 unspecified atom stereocenters. The Bertz CT molecular complexity index is 92.4. The van der Waals surface area contributed by atoms with Crippen LogP contribution in [0.2, 0.25) is 10.1 Å². The summed E-state index contributed by atoms with van der Waals surface area (Å²) in [5, 5.41) is 1.13. The average Bonchev–Trinajstić information content (AvgIpc) is 1.86. The van der Waals surface area contributed by atoms with Gasteiger partial charge in [-0.25, -0.2) is 0 Å². The fourth-order valence-electron chi connectivity index (χ4n) is 0.937. The number of hydrogen-bond acceptors (Lipinski definition) is 0. The van der Waals surface area contributed by atoms with Gasteiger partial charge >= 0.3 is 61.1 Å². The fraction of sp³-hybridized carbons (Fsp3) is 1.00. The van der Waals surface area contributed by atoms with Crippen molar-refractivity contribution < 1.29 is 0 Å². The summed E-state index contributed by atoms with van der Waals surface area (Å²) in [5.41, 5.74) is 0. The molecule has 0 radical (unpaired) electrons. The molecule has 0 saturated carbocycles. The second-order valence-electron chi connectivity index (χ2n) is 2.28. The average molecular weight is 220 g/mol. The van der Waals surface area contributed by atoms with Crippen LogP contribution in [0.15, 0.2) is 0 Å². The van der Waals surface area contributed by atoms with Crippen molar-refractivity contribution in [1.29, 1.82) is 0 Å². The Labute approximate surface area is 61.2 Å². The first-order valence-corrected chi connectivity index (χ1v) is 9.52. The number of rotatable bonds is 0. The fourth-order valence-corrected chi connectivity index (χ4v) is 6.07. The zero-order chi connectivity index (χ0) is 6.20. The topological polar surface area (TPSA) is 0 Å². The second kappa shape index (κ2) is 2.38. The van der Waals surface area contributed by atoms with Gasteiger partial charge in [0.05, 0.1) is 0 Å². The van der Waals surface area contributed by atoms with Gasteiger partial charge in [0.15, 0.2) is 0 Å². The van der Waals surface area contributed by atoms with Crippen molar-refractivity contribution in [1.82, 2.24) is 0 Å². The summed E-state index contributed by atoms with van der Waals surface area (Å²) in [4.78, 5) is 0.648. The van der Waals surface area contributed by atoms with Gasteiger partial charge < -0.3 is 0 Å². The molecular weight excluding hydrogens is 210 g/mol. The zero-order valence-electron chi connectivity index (χ0n) is 4.86. The van der Waals surface area contributed by atoms with E-state index in [-0.39, 0.29) is 0 Å². The molecule has 0 aromatic heterocycles. The van der Waals surface area contributed by atoms with Gasteiger partial charge in [0.2, 0.25) is 0 Å². The van der Waals surface area contributed by atoms with Crippen LogP contribution in [0.4, 0.5) is 0 Å². The van der Waals surface area contributed by atoms with Crippen LogP contribution in [-0.2, 0) is 0 Å². The molecule has 1 heterocycles. The molecule has 1 aliphatic heterocycles. The molecule has 0 aromatic rings. The number of hydrogen-bond donors (Lipinski definition) is 0. The van der Waals surface area contributed by atoms with Crippen molar-refractivity contribution in [2.45, 2.75) is 29.9 Å². The SMILES string of the molecule is CC1CCC[Se]1(Cl)Cl. The first-order valence-electron chi connectivity index (χ1n) is 2.82. The quantitative estimate of drug-likeness (QED) is 0.550. The van der Waals surface area contributed by atoms with Gasteiger partial charge in [0.25, 0.3) is 0 Å². The van der Waals surface area contributed by atoms with E-state index in [4.69, 9.17) is 20.2 Å². The van der Waals surface area contributed by atoms with Crippen molar-refractivity contribution in [3.63, 3.8) is 0 Å². The predicted molar refractivity (Wildman–Crippen MR) is 40.9 cm³/mol. The molecule has 1 rings (SSSR count).